The Labute approximate surface area is 71.3 Å². The molecule has 0 bridgehead atoms. The number of rotatable bonds is 1. The van der Waals surface area contributed by atoms with Gasteiger partial charge in [-0.05, 0) is 19.1 Å². The third-order valence-electron chi connectivity index (χ3n) is 1.27. The number of benzene rings is 1. The summed E-state index contributed by atoms with van der Waals surface area (Å²) < 4.78 is 0. The molecule has 0 atom stereocenters. The average molecular weight is 173 g/mol. The molecule has 0 radical (unpaired) electrons. The maximum Gasteiger partial charge on any atom is 0.335 e. The van der Waals surface area contributed by atoms with Gasteiger partial charge in [-0.15, -0.1) is 12.4 Å². The highest BCUT2D eigenvalue weighted by molar-refractivity contribution is 5.87. The predicted octanol–water partition coefficient (Wildman–Crippen LogP) is 2.12. The van der Waals surface area contributed by atoms with Crippen LogP contribution in [0, 0.1) is 6.92 Å². The topological polar surface area (TPSA) is 37.3 Å². The number of halogens is 1. The molecule has 1 aromatic carbocycles. The molecule has 0 aliphatic heterocycles. The second-order valence-corrected chi connectivity index (χ2v) is 2.17. The van der Waals surface area contributed by atoms with E-state index in [1.165, 1.54) is 0 Å². The summed E-state index contributed by atoms with van der Waals surface area (Å²) in [6.45, 7) is 1.87. The highest BCUT2D eigenvalue weighted by atomic mass is 35.5. The van der Waals surface area contributed by atoms with Gasteiger partial charge >= 0.3 is 5.97 Å². The zero-order valence-corrected chi connectivity index (χ0v) is 6.89. The largest absolute Gasteiger partial charge is 0.478 e. The number of aromatic carboxylic acids is 1. The van der Waals surface area contributed by atoms with Gasteiger partial charge in [0.1, 0.15) is 0 Å². The lowest BCUT2D eigenvalue weighted by molar-refractivity contribution is 0.0697. The Morgan fingerprint density at radius 3 is 2.45 bits per heavy atom. The molecule has 0 saturated heterocycles. The molecule has 3 heteroatoms. The highest BCUT2D eigenvalue weighted by Gasteiger charge is 1.99. The number of hydrogen-bond donors (Lipinski definition) is 1. The summed E-state index contributed by atoms with van der Waals surface area (Å²) in [5, 5.41) is 8.51. The van der Waals surface area contributed by atoms with E-state index < -0.39 is 5.97 Å². The summed E-state index contributed by atoms with van der Waals surface area (Å²) in [6.07, 6.45) is 0. The van der Waals surface area contributed by atoms with Crippen LogP contribution >= 0.6 is 12.4 Å². The second kappa shape index (κ2) is 3.98. The van der Waals surface area contributed by atoms with Crippen LogP contribution < -0.4 is 0 Å². The van der Waals surface area contributed by atoms with Gasteiger partial charge in [-0.2, -0.15) is 0 Å². The van der Waals surface area contributed by atoms with Crippen LogP contribution in [0.25, 0.3) is 0 Å². The Morgan fingerprint density at radius 1 is 1.45 bits per heavy atom. The predicted molar refractivity (Wildman–Crippen MR) is 45.4 cm³/mol. The molecule has 0 aromatic heterocycles. The van der Waals surface area contributed by atoms with E-state index >= 15 is 0 Å². The van der Waals surface area contributed by atoms with E-state index in [9.17, 15) is 4.79 Å². The molecule has 0 saturated carbocycles. The molecule has 0 fully saturated rings. The molecular weight excluding hydrogens is 164 g/mol. The van der Waals surface area contributed by atoms with E-state index in [0.29, 0.717) is 5.56 Å². The Hall–Kier alpha value is -1.02. The fraction of sp³-hybridized carbons (Fsp3) is 0.125. The van der Waals surface area contributed by atoms with Crippen molar-refractivity contribution in [1.82, 2.24) is 0 Å². The molecule has 11 heavy (non-hydrogen) atoms. The molecule has 60 valence electrons. The first-order chi connectivity index (χ1) is 4.70. The first-order valence-electron chi connectivity index (χ1n) is 3.00. The van der Waals surface area contributed by atoms with E-state index in [0.717, 1.165) is 5.56 Å². The maximum atomic E-state index is 10.4. The van der Waals surface area contributed by atoms with Gasteiger partial charge in [0.25, 0.3) is 0 Å². The Kier molecular flexibility index (Phi) is 3.61. The maximum absolute atomic E-state index is 10.4. The molecule has 0 aliphatic rings. The zero-order chi connectivity index (χ0) is 7.56. The monoisotopic (exact) mass is 172 g/mol. The van der Waals surface area contributed by atoms with Crippen LogP contribution in [0.1, 0.15) is 15.9 Å². The quantitative estimate of drug-likeness (QED) is 0.705. The summed E-state index contributed by atoms with van der Waals surface area (Å²) in [6, 6.07) is 6.82. The number of carboxylic acids is 1. The van der Waals surface area contributed by atoms with Crippen LogP contribution in [-0.4, -0.2) is 11.1 Å². The van der Waals surface area contributed by atoms with Crippen molar-refractivity contribution in [3.05, 3.63) is 35.4 Å². The molecule has 0 amide bonds. The van der Waals surface area contributed by atoms with E-state index in [1.807, 2.05) is 13.0 Å². The highest BCUT2D eigenvalue weighted by Crippen LogP contribution is 2.02. The van der Waals surface area contributed by atoms with Gasteiger partial charge in [-0.1, -0.05) is 17.7 Å². The molecular formula is C8H9ClO2. The first kappa shape index (κ1) is 9.98. The summed E-state index contributed by atoms with van der Waals surface area (Å²) in [5.74, 6) is -0.872. The minimum Gasteiger partial charge on any atom is -0.478 e. The van der Waals surface area contributed by atoms with Crippen molar-refractivity contribution in [2.24, 2.45) is 0 Å². The van der Waals surface area contributed by atoms with Gasteiger partial charge in [0.05, 0.1) is 5.56 Å². The molecule has 1 aromatic rings. The molecule has 0 heterocycles. The molecule has 0 spiro atoms. The summed E-state index contributed by atoms with van der Waals surface area (Å²) >= 11 is 0. The molecule has 0 unspecified atom stereocenters. The van der Waals surface area contributed by atoms with Gasteiger partial charge < -0.3 is 5.11 Å². The van der Waals surface area contributed by atoms with E-state index in [-0.39, 0.29) is 12.4 Å². The third-order valence-corrected chi connectivity index (χ3v) is 1.27. The molecule has 2 nitrogen and oxygen atoms in total. The first-order valence-corrected chi connectivity index (χ1v) is 3.00. The minimum atomic E-state index is -0.872. The fourth-order valence-corrected chi connectivity index (χ4v) is 0.778. The number of carboxylic acid groups (broad SMARTS) is 1. The van der Waals surface area contributed by atoms with Gasteiger partial charge in [0, 0.05) is 0 Å². The van der Waals surface area contributed by atoms with Crippen LogP contribution in [0.5, 0.6) is 0 Å². The van der Waals surface area contributed by atoms with Crippen molar-refractivity contribution >= 4 is 18.4 Å². The lowest BCUT2D eigenvalue weighted by atomic mass is 10.1. The van der Waals surface area contributed by atoms with Crippen molar-refractivity contribution in [2.75, 3.05) is 0 Å². The Morgan fingerprint density at radius 2 is 2.09 bits per heavy atom. The van der Waals surface area contributed by atoms with Crippen molar-refractivity contribution in [3.8, 4) is 0 Å². The van der Waals surface area contributed by atoms with Crippen LogP contribution in [0.4, 0.5) is 0 Å². The standard InChI is InChI=1S/C8H8O2.ClH/c1-6-3-2-4-7(5-6)8(9)10;/h2-5H,1H3,(H,9,10);1H. The van der Waals surface area contributed by atoms with Crippen LogP contribution in [0.2, 0.25) is 0 Å². The van der Waals surface area contributed by atoms with Crippen molar-refractivity contribution in [2.45, 2.75) is 6.92 Å². The molecule has 1 N–H and O–H groups in total. The average Bonchev–Trinajstić information content (AvgIpc) is 1.88. The van der Waals surface area contributed by atoms with Gasteiger partial charge in [-0.3, -0.25) is 0 Å². The van der Waals surface area contributed by atoms with Crippen molar-refractivity contribution in [3.63, 3.8) is 0 Å². The number of aryl methyl sites for hydroxylation is 1. The smallest absolute Gasteiger partial charge is 0.335 e. The van der Waals surface area contributed by atoms with Crippen molar-refractivity contribution in [1.29, 1.82) is 0 Å². The molecule has 0 aliphatic carbocycles. The fourth-order valence-electron chi connectivity index (χ4n) is 0.778. The molecule has 1 rings (SSSR count). The summed E-state index contributed by atoms with van der Waals surface area (Å²) in [5.41, 5.74) is 1.32. The van der Waals surface area contributed by atoms with E-state index in [1.54, 1.807) is 18.2 Å². The normalized spacial score (nSPS) is 8.45. The van der Waals surface area contributed by atoms with Gasteiger partial charge in [0.15, 0.2) is 0 Å². The van der Waals surface area contributed by atoms with Crippen LogP contribution in [0.3, 0.4) is 0 Å². The Balaban J connectivity index is 0.000001000. The van der Waals surface area contributed by atoms with E-state index in [2.05, 4.69) is 0 Å². The number of hydrogen-bond acceptors (Lipinski definition) is 1. The SMILES string of the molecule is Cc1cccc(C(=O)O)c1.Cl. The minimum absolute atomic E-state index is 0. The zero-order valence-electron chi connectivity index (χ0n) is 6.07. The summed E-state index contributed by atoms with van der Waals surface area (Å²) in [7, 11) is 0. The van der Waals surface area contributed by atoms with Gasteiger partial charge in [0.2, 0.25) is 0 Å². The Bertz CT molecular complexity index is 258. The van der Waals surface area contributed by atoms with Crippen molar-refractivity contribution < 1.29 is 9.90 Å². The summed E-state index contributed by atoms with van der Waals surface area (Å²) in [4.78, 5) is 10.4. The lowest BCUT2D eigenvalue weighted by Crippen LogP contribution is -1.95. The van der Waals surface area contributed by atoms with Gasteiger partial charge in [-0.25, -0.2) is 4.79 Å². The third kappa shape index (κ3) is 2.60. The number of carbonyl (C=O) groups is 1. The lowest BCUT2D eigenvalue weighted by Gasteiger charge is -1.93. The van der Waals surface area contributed by atoms with E-state index in [4.69, 9.17) is 5.11 Å². The second-order valence-electron chi connectivity index (χ2n) is 2.17. The van der Waals surface area contributed by atoms with Crippen LogP contribution in [0.15, 0.2) is 24.3 Å². The van der Waals surface area contributed by atoms with Crippen LogP contribution in [-0.2, 0) is 0 Å².